The Morgan fingerprint density at radius 2 is 1.90 bits per heavy atom. The number of hydrogen-bond acceptors (Lipinski definition) is 1. The van der Waals surface area contributed by atoms with E-state index in [2.05, 4.69) is 79.8 Å². The SMILES string of the molecule is CC[C@H](C)[C@H]1CC[C@H]2C(C=CC3=C(C)CC[C@H](O[Si](C)(C)C(C)(C)C)C3)=CCC[C@]12C. The summed E-state index contributed by atoms with van der Waals surface area (Å²) in [5.74, 6) is 2.52. The van der Waals surface area contributed by atoms with Crippen LogP contribution in [-0.2, 0) is 4.43 Å². The molecule has 0 unspecified atom stereocenters. The monoisotopic (exact) mass is 442 g/mol. The predicted octanol–water partition coefficient (Wildman–Crippen LogP) is 9.23. The third-order valence-electron chi connectivity index (χ3n) is 9.79. The zero-order valence-corrected chi connectivity index (χ0v) is 23.1. The van der Waals surface area contributed by atoms with Crippen molar-refractivity contribution in [2.75, 3.05) is 0 Å². The Labute approximate surface area is 194 Å². The lowest BCUT2D eigenvalue weighted by molar-refractivity contribution is 0.111. The molecule has 1 saturated carbocycles. The van der Waals surface area contributed by atoms with Gasteiger partial charge >= 0.3 is 0 Å². The van der Waals surface area contributed by atoms with Gasteiger partial charge in [-0.15, -0.1) is 0 Å². The minimum absolute atomic E-state index is 0.283. The van der Waals surface area contributed by atoms with Gasteiger partial charge in [-0.05, 0) is 104 Å². The molecule has 176 valence electrons. The van der Waals surface area contributed by atoms with Gasteiger partial charge in [0.05, 0.1) is 0 Å². The van der Waals surface area contributed by atoms with Crippen LogP contribution in [0, 0.1) is 23.2 Å². The lowest BCUT2D eigenvalue weighted by atomic mass is 9.62. The van der Waals surface area contributed by atoms with E-state index in [9.17, 15) is 0 Å². The van der Waals surface area contributed by atoms with Crippen LogP contribution >= 0.6 is 0 Å². The Morgan fingerprint density at radius 3 is 2.55 bits per heavy atom. The van der Waals surface area contributed by atoms with Crippen molar-refractivity contribution in [3.63, 3.8) is 0 Å². The first-order chi connectivity index (χ1) is 14.4. The van der Waals surface area contributed by atoms with Gasteiger partial charge in [0.15, 0.2) is 8.32 Å². The molecule has 0 bridgehead atoms. The molecule has 3 rings (SSSR count). The van der Waals surface area contributed by atoms with Gasteiger partial charge in [0, 0.05) is 6.10 Å². The highest BCUT2D eigenvalue weighted by atomic mass is 28.4. The highest BCUT2D eigenvalue weighted by Gasteiger charge is 2.49. The predicted molar refractivity (Wildman–Crippen MR) is 139 cm³/mol. The van der Waals surface area contributed by atoms with Crippen LogP contribution in [0.25, 0.3) is 0 Å². The Balaban J connectivity index is 1.72. The summed E-state index contributed by atoms with van der Waals surface area (Å²) in [5.41, 5.74) is 5.26. The van der Waals surface area contributed by atoms with Gasteiger partial charge in [0.2, 0.25) is 0 Å². The molecular weight excluding hydrogens is 392 g/mol. The van der Waals surface area contributed by atoms with Gasteiger partial charge in [0.25, 0.3) is 0 Å². The number of allylic oxidation sites excluding steroid dienone is 5. The maximum atomic E-state index is 6.81. The van der Waals surface area contributed by atoms with Crippen LogP contribution < -0.4 is 0 Å². The molecule has 3 aliphatic rings. The first-order valence-corrected chi connectivity index (χ1v) is 16.0. The lowest BCUT2D eigenvalue weighted by Crippen LogP contribution is -2.44. The molecule has 0 aromatic rings. The van der Waals surface area contributed by atoms with Crippen LogP contribution in [0.1, 0.15) is 99.8 Å². The Hall–Kier alpha value is -0.603. The molecule has 0 spiro atoms. The van der Waals surface area contributed by atoms with E-state index >= 15 is 0 Å². The minimum atomic E-state index is -1.71. The van der Waals surface area contributed by atoms with Gasteiger partial charge in [-0.1, -0.05) is 71.8 Å². The second kappa shape index (κ2) is 9.33. The van der Waals surface area contributed by atoms with Crippen LogP contribution in [0.3, 0.4) is 0 Å². The van der Waals surface area contributed by atoms with Crippen molar-refractivity contribution in [2.45, 2.75) is 124 Å². The summed E-state index contributed by atoms with van der Waals surface area (Å²) < 4.78 is 6.81. The molecular formula is C29H50OSi. The zero-order chi connectivity index (χ0) is 23.0. The summed E-state index contributed by atoms with van der Waals surface area (Å²) in [6.45, 7) is 21.7. The number of fused-ring (bicyclic) bond motifs is 1. The lowest BCUT2D eigenvalue weighted by Gasteiger charge is -2.43. The fourth-order valence-corrected chi connectivity index (χ4v) is 7.82. The number of rotatable bonds is 6. The highest BCUT2D eigenvalue weighted by molar-refractivity contribution is 6.74. The molecule has 0 heterocycles. The first kappa shape index (κ1) is 25.0. The van der Waals surface area contributed by atoms with Crippen molar-refractivity contribution in [1.82, 2.24) is 0 Å². The van der Waals surface area contributed by atoms with E-state index in [4.69, 9.17) is 4.43 Å². The van der Waals surface area contributed by atoms with Gasteiger partial charge in [-0.3, -0.25) is 0 Å². The normalized spacial score (nSPS) is 33.6. The van der Waals surface area contributed by atoms with E-state index in [1.54, 1.807) is 16.7 Å². The standard InChI is InChI=1S/C29H50OSi/c1-10-21(2)26-17-18-27-23(12-11-19-29(26,27)7)14-15-24-20-25(16-13-22(24)3)30-31(8,9)28(4,5)6/h12,14-15,21,25-27H,10-11,13,16-20H2,1-9H3/t21-,25-,26+,27-,29+/m0/s1. The van der Waals surface area contributed by atoms with Crippen molar-refractivity contribution >= 4 is 8.32 Å². The minimum Gasteiger partial charge on any atom is -0.414 e. The molecule has 2 heteroatoms. The highest BCUT2D eigenvalue weighted by Crippen LogP contribution is 2.58. The molecule has 0 N–H and O–H groups in total. The summed E-state index contributed by atoms with van der Waals surface area (Å²) in [6, 6.07) is 0. The summed E-state index contributed by atoms with van der Waals surface area (Å²) >= 11 is 0. The van der Waals surface area contributed by atoms with Crippen molar-refractivity contribution in [3.05, 3.63) is 34.9 Å². The average Bonchev–Trinajstić information content (AvgIpc) is 3.04. The summed E-state index contributed by atoms with van der Waals surface area (Å²) in [6.07, 6.45) is 18.2. The third-order valence-corrected chi connectivity index (χ3v) is 14.3. The summed E-state index contributed by atoms with van der Waals surface area (Å²) in [7, 11) is -1.71. The van der Waals surface area contributed by atoms with Gasteiger partial charge in [-0.25, -0.2) is 0 Å². The van der Waals surface area contributed by atoms with Crippen molar-refractivity contribution < 1.29 is 4.43 Å². The van der Waals surface area contributed by atoms with Crippen LogP contribution in [0.2, 0.25) is 18.1 Å². The van der Waals surface area contributed by atoms with Crippen molar-refractivity contribution in [2.24, 2.45) is 23.2 Å². The van der Waals surface area contributed by atoms with E-state index in [0.717, 1.165) is 24.2 Å². The molecule has 5 atom stereocenters. The summed E-state index contributed by atoms with van der Waals surface area (Å²) in [5, 5.41) is 0.283. The van der Waals surface area contributed by atoms with E-state index < -0.39 is 8.32 Å². The molecule has 0 aromatic carbocycles. The van der Waals surface area contributed by atoms with Crippen molar-refractivity contribution in [3.8, 4) is 0 Å². The zero-order valence-electron chi connectivity index (χ0n) is 22.1. The van der Waals surface area contributed by atoms with Gasteiger partial charge < -0.3 is 4.43 Å². The topological polar surface area (TPSA) is 9.23 Å². The van der Waals surface area contributed by atoms with Gasteiger partial charge in [-0.2, -0.15) is 0 Å². The largest absolute Gasteiger partial charge is 0.414 e. The number of hydrogen-bond donors (Lipinski definition) is 0. The molecule has 0 saturated heterocycles. The maximum absolute atomic E-state index is 6.81. The van der Waals surface area contributed by atoms with E-state index in [-0.39, 0.29) is 5.04 Å². The molecule has 31 heavy (non-hydrogen) atoms. The van der Waals surface area contributed by atoms with Crippen LogP contribution in [0.4, 0.5) is 0 Å². The van der Waals surface area contributed by atoms with Crippen LogP contribution in [0.5, 0.6) is 0 Å². The molecule has 1 nitrogen and oxygen atoms in total. The first-order valence-electron chi connectivity index (χ1n) is 13.1. The third kappa shape index (κ3) is 5.16. The average molecular weight is 443 g/mol. The van der Waals surface area contributed by atoms with Crippen molar-refractivity contribution in [1.29, 1.82) is 0 Å². The second-order valence-electron chi connectivity index (χ2n) is 12.8. The Kier molecular flexibility index (Phi) is 7.54. The van der Waals surface area contributed by atoms with Gasteiger partial charge in [0.1, 0.15) is 0 Å². The van der Waals surface area contributed by atoms with E-state index in [1.807, 2.05) is 0 Å². The maximum Gasteiger partial charge on any atom is 0.192 e. The fraction of sp³-hybridized carbons (Fsp3) is 0.793. The smallest absolute Gasteiger partial charge is 0.192 e. The molecule has 0 amide bonds. The Morgan fingerprint density at radius 1 is 1.19 bits per heavy atom. The molecule has 0 aliphatic heterocycles. The van der Waals surface area contributed by atoms with Crippen LogP contribution in [-0.4, -0.2) is 14.4 Å². The molecule has 0 radical (unpaired) electrons. The Bertz CT molecular complexity index is 734. The van der Waals surface area contributed by atoms with E-state index in [0.29, 0.717) is 11.5 Å². The molecule has 1 fully saturated rings. The van der Waals surface area contributed by atoms with Crippen LogP contribution in [0.15, 0.2) is 34.9 Å². The fourth-order valence-electron chi connectivity index (χ4n) is 6.43. The second-order valence-corrected chi connectivity index (χ2v) is 17.5. The van der Waals surface area contributed by atoms with E-state index in [1.165, 1.54) is 44.9 Å². The summed E-state index contributed by atoms with van der Waals surface area (Å²) in [4.78, 5) is 0. The molecule has 0 aromatic heterocycles. The molecule has 3 aliphatic carbocycles. The quantitative estimate of drug-likeness (QED) is 0.372.